The van der Waals surface area contributed by atoms with Gasteiger partial charge in [0.2, 0.25) is 0 Å². The molecule has 0 bridgehead atoms. The van der Waals surface area contributed by atoms with E-state index in [0.29, 0.717) is 17.3 Å². The summed E-state index contributed by atoms with van der Waals surface area (Å²) in [5, 5.41) is 9.69. The Kier molecular flexibility index (Phi) is 5.62. The number of halogens is 1. The van der Waals surface area contributed by atoms with Gasteiger partial charge in [-0.1, -0.05) is 17.7 Å². The van der Waals surface area contributed by atoms with Gasteiger partial charge in [-0.2, -0.15) is 0 Å². The van der Waals surface area contributed by atoms with Gasteiger partial charge >= 0.3 is 6.16 Å². The first-order valence-corrected chi connectivity index (χ1v) is 10.2. The maximum Gasteiger partial charge on any atom is 0.511 e. The number of fused-ring (bicyclic) bond motifs is 1. The number of anilines is 1. The van der Waals surface area contributed by atoms with E-state index in [2.05, 4.69) is 4.90 Å². The number of benzene rings is 2. The van der Waals surface area contributed by atoms with Gasteiger partial charge in [0, 0.05) is 34.9 Å². The van der Waals surface area contributed by atoms with Crippen LogP contribution in [-0.4, -0.2) is 23.9 Å². The first-order valence-electron chi connectivity index (χ1n) is 9.83. The quantitative estimate of drug-likeness (QED) is 0.516. The van der Waals surface area contributed by atoms with Crippen LogP contribution in [0.2, 0.25) is 5.02 Å². The summed E-state index contributed by atoms with van der Waals surface area (Å²) < 4.78 is 11.3. The summed E-state index contributed by atoms with van der Waals surface area (Å²) in [6, 6.07) is 11.4. The molecule has 28 heavy (non-hydrogen) atoms. The Morgan fingerprint density at radius 1 is 1.14 bits per heavy atom. The van der Waals surface area contributed by atoms with E-state index in [1.807, 2.05) is 30.3 Å². The van der Waals surface area contributed by atoms with Crippen LogP contribution in [0.15, 0.2) is 36.4 Å². The SMILES string of the molecule is O=C(O)Oc1cccc2c1CCCN2Cc1cc(Cl)ccc1OC1CCCC1. The van der Waals surface area contributed by atoms with Gasteiger partial charge in [0.15, 0.2) is 0 Å². The van der Waals surface area contributed by atoms with Gasteiger partial charge < -0.3 is 19.5 Å². The van der Waals surface area contributed by atoms with Crippen molar-refractivity contribution in [2.75, 3.05) is 11.4 Å². The van der Waals surface area contributed by atoms with Crippen LogP contribution in [0.1, 0.15) is 43.2 Å². The predicted octanol–water partition coefficient (Wildman–Crippen LogP) is 5.67. The van der Waals surface area contributed by atoms with E-state index in [0.717, 1.165) is 54.8 Å². The molecule has 0 spiro atoms. The summed E-state index contributed by atoms with van der Waals surface area (Å²) >= 11 is 6.27. The Hall–Kier alpha value is -2.40. The predicted molar refractivity (Wildman–Crippen MR) is 109 cm³/mol. The van der Waals surface area contributed by atoms with Crippen molar-refractivity contribution < 1.29 is 19.4 Å². The average molecular weight is 402 g/mol. The third-order valence-corrected chi connectivity index (χ3v) is 5.72. The standard InChI is InChI=1S/C22H24ClNO4/c23-16-10-11-20(27-17-5-1-2-6-17)15(13-16)14-24-12-4-7-18-19(24)8-3-9-21(18)28-22(25)26/h3,8-11,13,17H,1-2,4-7,12,14H2,(H,25,26). The summed E-state index contributed by atoms with van der Waals surface area (Å²) in [4.78, 5) is 13.3. The number of nitrogens with zero attached hydrogens (tertiary/aromatic N) is 1. The van der Waals surface area contributed by atoms with Gasteiger partial charge in [0.1, 0.15) is 11.5 Å². The number of hydrogen-bond acceptors (Lipinski definition) is 4. The van der Waals surface area contributed by atoms with E-state index in [-0.39, 0.29) is 6.10 Å². The molecule has 2 aliphatic rings. The van der Waals surface area contributed by atoms with E-state index in [4.69, 9.17) is 26.2 Å². The van der Waals surface area contributed by atoms with Crippen molar-refractivity contribution in [3.63, 3.8) is 0 Å². The second kappa shape index (κ2) is 8.31. The highest BCUT2D eigenvalue weighted by Crippen LogP contribution is 2.37. The average Bonchev–Trinajstić information content (AvgIpc) is 3.17. The molecular weight excluding hydrogens is 378 g/mol. The monoisotopic (exact) mass is 401 g/mol. The Bertz CT molecular complexity index is 864. The lowest BCUT2D eigenvalue weighted by atomic mass is 9.99. The van der Waals surface area contributed by atoms with E-state index in [9.17, 15) is 4.79 Å². The molecule has 0 unspecified atom stereocenters. The summed E-state index contributed by atoms with van der Waals surface area (Å²) in [5.74, 6) is 1.31. The van der Waals surface area contributed by atoms with Crippen LogP contribution in [0.3, 0.4) is 0 Å². The molecule has 0 atom stereocenters. The molecule has 1 N–H and O–H groups in total. The fourth-order valence-corrected chi connectivity index (χ4v) is 4.40. The third-order valence-electron chi connectivity index (χ3n) is 5.48. The lowest BCUT2D eigenvalue weighted by Gasteiger charge is -2.32. The zero-order valence-electron chi connectivity index (χ0n) is 15.7. The van der Waals surface area contributed by atoms with Gasteiger partial charge in [-0.15, -0.1) is 0 Å². The summed E-state index contributed by atoms with van der Waals surface area (Å²) in [6.07, 6.45) is 5.38. The number of ether oxygens (including phenoxy) is 2. The molecule has 2 aromatic carbocycles. The van der Waals surface area contributed by atoms with Crippen molar-refractivity contribution in [2.45, 2.75) is 51.2 Å². The van der Waals surface area contributed by atoms with Crippen molar-refractivity contribution >= 4 is 23.4 Å². The van der Waals surface area contributed by atoms with Crippen molar-refractivity contribution in [1.29, 1.82) is 0 Å². The second-order valence-corrected chi connectivity index (χ2v) is 7.86. The number of carbonyl (C=O) groups is 1. The minimum Gasteiger partial charge on any atom is -0.490 e. The van der Waals surface area contributed by atoms with Gasteiger partial charge in [0.25, 0.3) is 0 Å². The summed E-state index contributed by atoms with van der Waals surface area (Å²) in [6.45, 7) is 1.55. The molecule has 6 heteroatoms. The highest BCUT2D eigenvalue weighted by atomic mass is 35.5. The van der Waals surface area contributed by atoms with Gasteiger partial charge in [-0.05, 0) is 68.9 Å². The first kappa shape index (κ1) is 18.9. The molecule has 1 aliphatic heterocycles. The Balaban J connectivity index is 1.60. The zero-order chi connectivity index (χ0) is 19.5. The maximum atomic E-state index is 11.0. The molecule has 1 saturated carbocycles. The van der Waals surface area contributed by atoms with Crippen LogP contribution in [0.5, 0.6) is 11.5 Å². The molecule has 5 nitrogen and oxygen atoms in total. The molecule has 1 aliphatic carbocycles. The van der Waals surface area contributed by atoms with E-state index < -0.39 is 6.16 Å². The molecule has 1 heterocycles. The van der Waals surface area contributed by atoms with Crippen molar-refractivity contribution in [2.24, 2.45) is 0 Å². The summed E-state index contributed by atoms with van der Waals surface area (Å²) in [7, 11) is 0. The normalized spacial score (nSPS) is 16.7. The fourth-order valence-electron chi connectivity index (χ4n) is 4.20. The Labute approximate surface area is 169 Å². The minimum atomic E-state index is -1.28. The summed E-state index contributed by atoms with van der Waals surface area (Å²) in [5.41, 5.74) is 3.00. The van der Waals surface area contributed by atoms with Gasteiger partial charge in [-0.25, -0.2) is 4.79 Å². The van der Waals surface area contributed by atoms with Crippen LogP contribution in [-0.2, 0) is 13.0 Å². The van der Waals surface area contributed by atoms with Crippen LogP contribution in [0.4, 0.5) is 10.5 Å². The maximum absolute atomic E-state index is 11.0. The molecule has 0 amide bonds. The number of carboxylic acid groups (broad SMARTS) is 1. The van der Waals surface area contributed by atoms with Crippen LogP contribution in [0, 0.1) is 0 Å². The van der Waals surface area contributed by atoms with Crippen LogP contribution >= 0.6 is 11.6 Å². The second-order valence-electron chi connectivity index (χ2n) is 7.42. The van der Waals surface area contributed by atoms with E-state index in [1.165, 1.54) is 12.8 Å². The third kappa shape index (κ3) is 4.20. The number of rotatable bonds is 5. The lowest BCUT2D eigenvalue weighted by molar-refractivity contribution is 0.144. The molecule has 1 fully saturated rings. The minimum absolute atomic E-state index is 0.282. The van der Waals surface area contributed by atoms with Crippen LogP contribution in [0.25, 0.3) is 0 Å². The van der Waals surface area contributed by atoms with Crippen molar-refractivity contribution in [3.8, 4) is 11.5 Å². The molecular formula is C22H24ClNO4. The molecule has 0 aromatic heterocycles. The topological polar surface area (TPSA) is 59.0 Å². The number of hydrogen-bond donors (Lipinski definition) is 1. The molecule has 148 valence electrons. The van der Waals surface area contributed by atoms with E-state index in [1.54, 1.807) is 6.07 Å². The Morgan fingerprint density at radius 2 is 1.96 bits per heavy atom. The smallest absolute Gasteiger partial charge is 0.490 e. The molecule has 0 saturated heterocycles. The molecule has 4 rings (SSSR count). The van der Waals surface area contributed by atoms with Gasteiger partial charge in [-0.3, -0.25) is 0 Å². The highest BCUT2D eigenvalue weighted by molar-refractivity contribution is 6.30. The van der Waals surface area contributed by atoms with E-state index >= 15 is 0 Å². The fraction of sp³-hybridized carbons (Fsp3) is 0.409. The van der Waals surface area contributed by atoms with Crippen molar-refractivity contribution in [1.82, 2.24) is 0 Å². The highest BCUT2D eigenvalue weighted by Gasteiger charge is 2.23. The zero-order valence-corrected chi connectivity index (χ0v) is 16.5. The largest absolute Gasteiger partial charge is 0.511 e. The Morgan fingerprint density at radius 3 is 2.75 bits per heavy atom. The van der Waals surface area contributed by atoms with Crippen LogP contribution < -0.4 is 14.4 Å². The first-order chi connectivity index (χ1) is 13.6. The lowest BCUT2D eigenvalue weighted by Crippen LogP contribution is -2.29. The molecule has 0 radical (unpaired) electrons. The molecule has 2 aromatic rings. The van der Waals surface area contributed by atoms with Gasteiger partial charge in [0.05, 0.1) is 6.10 Å². The van der Waals surface area contributed by atoms with Crippen molar-refractivity contribution in [3.05, 3.63) is 52.5 Å².